The minimum atomic E-state index is -3.50. The molecule has 1 aromatic heterocycles. The highest BCUT2D eigenvalue weighted by Crippen LogP contribution is 2.29. The van der Waals surface area contributed by atoms with Gasteiger partial charge in [-0.25, -0.2) is 8.42 Å². The molecule has 0 radical (unpaired) electrons. The van der Waals surface area contributed by atoms with E-state index in [2.05, 4.69) is 10.0 Å². The van der Waals surface area contributed by atoms with E-state index in [1.807, 2.05) is 0 Å². The van der Waals surface area contributed by atoms with Crippen molar-refractivity contribution in [2.75, 3.05) is 16.3 Å². The van der Waals surface area contributed by atoms with E-state index in [1.54, 1.807) is 19.1 Å². The zero-order valence-corrected chi connectivity index (χ0v) is 13.8. The Bertz CT molecular complexity index is 873. The summed E-state index contributed by atoms with van der Waals surface area (Å²) in [7, 11) is -3.50. The summed E-state index contributed by atoms with van der Waals surface area (Å²) in [4.78, 5) is 23.1. The van der Waals surface area contributed by atoms with Crippen LogP contribution >= 0.6 is 11.3 Å². The molecule has 0 aliphatic carbocycles. The number of carbonyl (C=O) groups is 1. The fourth-order valence-electron chi connectivity index (χ4n) is 1.83. The van der Waals surface area contributed by atoms with Gasteiger partial charge < -0.3 is 5.32 Å². The monoisotopic (exact) mass is 355 g/mol. The van der Waals surface area contributed by atoms with Gasteiger partial charge in [-0.2, -0.15) is 0 Å². The molecule has 0 aliphatic heterocycles. The molecule has 23 heavy (non-hydrogen) atoms. The average Bonchev–Trinajstić information content (AvgIpc) is 2.81. The standard InChI is InChI=1S/C13H13N3O5S2/c1-8-11(16(18)19)7-12(22-8)13(17)14-9-5-3-4-6-10(9)15-23(2,20)21/h3-7,15H,1-2H3,(H,14,17). The third-order valence-electron chi connectivity index (χ3n) is 2.78. The predicted octanol–water partition coefficient (Wildman–Crippen LogP) is 2.59. The number of nitrogens with one attached hydrogen (secondary N) is 2. The SMILES string of the molecule is Cc1sc(C(=O)Nc2ccccc2NS(C)(=O)=O)cc1[N+](=O)[O-]. The van der Waals surface area contributed by atoms with Gasteiger partial charge in [-0.3, -0.25) is 19.6 Å². The van der Waals surface area contributed by atoms with Crippen LogP contribution in [-0.2, 0) is 10.0 Å². The maximum Gasteiger partial charge on any atom is 0.283 e. The lowest BCUT2D eigenvalue weighted by molar-refractivity contribution is -0.385. The Balaban J connectivity index is 2.27. The number of rotatable bonds is 5. The van der Waals surface area contributed by atoms with Crippen LogP contribution in [0.2, 0.25) is 0 Å². The number of carbonyl (C=O) groups excluding carboxylic acids is 1. The summed E-state index contributed by atoms with van der Waals surface area (Å²) in [6, 6.07) is 7.47. The summed E-state index contributed by atoms with van der Waals surface area (Å²) in [6.45, 7) is 1.55. The number of hydrogen-bond donors (Lipinski definition) is 2. The van der Waals surface area contributed by atoms with Gasteiger partial charge in [0.2, 0.25) is 10.0 Å². The number of aryl methyl sites for hydroxylation is 1. The number of benzene rings is 1. The van der Waals surface area contributed by atoms with Crippen LogP contribution in [0.1, 0.15) is 14.5 Å². The minimum absolute atomic E-state index is 0.123. The molecule has 1 amide bonds. The van der Waals surface area contributed by atoms with Crippen molar-refractivity contribution in [3.05, 3.63) is 50.2 Å². The molecule has 0 atom stereocenters. The fraction of sp³-hybridized carbons (Fsp3) is 0.154. The highest BCUT2D eigenvalue weighted by atomic mass is 32.2. The number of thiophene rings is 1. The molecule has 0 saturated carbocycles. The van der Waals surface area contributed by atoms with Crippen molar-refractivity contribution >= 4 is 44.3 Å². The fourth-order valence-corrected chi connectivity index (χ4v) is 3.29. The van der Waals surface area contributed by atoms with E-state index in [4.69, 9.17) is 0 Å². The number of amides is 1. The molecule has 8 nitrogen and oxygen atoms in total. The molecule has 1 aromatic carbocycles. The summed E-state index contributed by atoms with van der Waals surface area (Å²) in [5.74, 6) is -0.547. The van der Waals surface area contributed by atoms with Gasteiger partial charge in [-0.05, 0) is 19.1 Å². The van der Waals surface area contributed by atoms with Crippen LogP contribution in [0, 0.1) is 17.0 Å². The summed E-state index contributed by atoms with van der Waals surface area (Å²) in [5, 5.41) is 13.4. The van der Waals surface area contributed by atoms with Crippen molar-refractivity contribution in [1.82, 2.24) is 0 Å². The quantitative estimate of drug-likeness (QED) is 0.631. The second-order valence-electron chi connectivity index (χ2n) is 4.68. The van der Waals surface area contributed by atoms with Crippen LogP contribution in [0.25, 0.3) is 0 Å². The lowest BCUT2D eigenvalue weighted by Gasteiger charge is -2.11. The molecular formula is C13H13N3O5S2. The van der Waals surface area contributed by atoms with E-state index >= 15 is 0 Å². The van der Waals surface area contributed by atoms with Gasteiger partial charge in [-0.15, -0.1) is 11.3 Å². The largest absolute Gasteiger partial charge is 0.319 e. The lowest BCUT2D eigenvalue weighted by Crippen LogP contribution is -2.15. The number of sulfonamides is 1. The van der Waals surface area contributed by atoms with Gasteiger partial charge in [0.1, 0.15) is 0 Å². The van der Waals surface area contributed by atoms with E-state index in [9.17, 15) is 23.3 Å². The van der Waals surface area contributed by atoms with Crippen molar-refractivity contribution < 1.29 is 18.1 Å². The molecule has 0 fully saturated rings. The molecule has 0 spiro atoms. The van der Waals surface area contributed by atoms with E-state index in [0.29, 0.717) is 4.88 Å². The highest BCUT2D eigenvalue weighted by Gasteiger charge is 2.20. The molecule has 10 heteroatoms. The molecule has 2 aromatic rings. The van der Waals surface area contributed by atoms with Gasteiger partial charge in [0.05, 0.1) is 32.3 Å². The van der Waals surface area contributed by atoms with Gasteiger partial charge in [0.15, 0.2) is 0 Å². The normalized spacial score (nSPS) is 11.0. The predicted molar refractivity (Wildman–Crippen MR) is 88.6 cm³/mol. The van der Waals surface area contributed by atoms with E-state index in [0.717, 1.165) is 17.6 Å². The number of nitro groups is 1. The van der Waals surface area contributed by atoms with Crippen molar-refractivity contribution in [2.45, 2.75) is 6.92 Å². The third-order valence-corrected chi connectivity index (χ3v) is 4.41. The van der Waals surface area contributed by atoms with Crippen LogP contribution in [0.4, 0.5) is 17.1 Å². The molecule has 0 bridgehead atoms. The summed E-state index contributed by atoms with van der Waals surface area (Å²) >= 11 is 0.997. The van der Waals surface area contributed by atoms with Crippen LogP contribution in [-0.4, -0.2) is 25.5 Å². The molecule has 0 saturated heterocycles. The summed E-state index contributed by atoms with van der Waals surface area (Å²) in [6.07, 6.45) is 0.998. The zero-order valence-electron chi connectivity index (χ0n) is 12.2. The molecule has 2 N–H and O–H groups in total. The number of nitrogens with zero attached hydrogens (tertiary/aromatic N) is 1. The van der Waals surface area contributed by atoms with Crippen molar-refractivity contribution in [1.29, 1.82) is 0 Å². The van der Waals surface area contributed by atoms with Gasteiger partial charge >= 0.3 is 0 Å². The van der Waals surface area contributed by atoms with Gasteiger partial charge in [-0.1, -0.05) is 12.1 Å². The third kappa shape index (κ3) is 4.27. The van der Waals surface area contributed by atoms with Crippen LogP contribution in [0.5, 0.6) is 0 Å². The van der Waals surface area contributed by atoms with E-state index < -0.39 is 20.9 Å². The second kappa shape index (κ2) is 6.34. The summed E-state index contributed by atoms with van der Waals surface area (Å²) in [5.41, 5.74) is 0.352. The smallest absolute Gasteiger partial charge is 0.283 e. The number of anilines is 2. The minimum Gasteiger partial charge on any atom is -0.319 e. The zero-order chi connectivity index (χ0) is 17.2. The first-order valence-electron chi connectivity index (χ1n) is 6.30. The topological polar surface area (TPSA) is 118 Å². The summed E-state index contributed by atoms with van der Waals surface area (Å²) < 4.78 is 25.0. The van der Waals surface area contributed by atoms with Gasteiger partial charge in [0, 0.05) is 6.07 Å². The molecule has 0 unspecified atom stereocenters. The van der Waals surface area contributed by atoms with Gasteiger partial charge in [0.25, 0.3) is 11.6 Å². The van der Waals surface area contributed by atoms with Crippen molar-refractivity contribution in [3.8, 4) is 0 Å². The lowest BCUT2D eigenvalue weighted by atomic mass is 10.2. The average molecular weight is 355 g/mol. The molecule has 122 valence electrons. The number of hydrogen-bond acceptors (Lipinski definition) is 6. The Kier molecular flexibility index (Phi) is 4.66. The second-order valence-corrected chi connectivity index (χ2v) is 7.69. The van der Waals surface area contributed by atoms with Crippen LogP contribution in [0.15, 0.2) is 30.3 Å². The highest BCUT2D eigenvalue weighted by molar-refractivity contribution is 7.92. The Morgan fingerprint density at radius 3 is 2.39 bits per heavy atom. The first kappa shape index (κ1) is 16.9. The maximum atomic E-state index is 12.2. The molecule has 1 heterocycles. The van der Waals surface area contributed by atoms with Crippen molar-refractivity contribution in [3.63, 3.8) is 0 Å². The first-order chi connectivity index (χ1) is 10.7. The van der Waals surface area contributed by atoms with Crippen molar-refractivity contribution in [2.24, 2.45) is 0 Å². The van der Waals surface area contributed by atoms with E-state index in [-0.39, 0.29) is 21.9 Å². The first-order valence-corrected chi connectivity index (χ1v) is 9.01. The van der Waals surface area contributed by atoms with E-state index in [1.165, 1.54) is 18.2 Å². The maximum absolute atomic E-state index is 12.2. The Morgan fingerprint density at radius 1 is 1.26 bits per heavy atom. The Morgan fingerprint density at radius 2 is 1.87 bits per heavy atom. The molecule has 2 rings (SSSR count). The Hall–Kier alpha value is -2.46. The molecule has 0 aliphatic rings. The Labute approximate surface area is 136 Å². The van der Waals surface area contributed by atoms with Crippen LogP contribution < -0.4 is 10.0 Å². The molecular weight excluding hydrogens is 342 g/mol. The number of para-hydroxylation sites is 2. The van der Waals surface area contributed by atoms with Crippen LogP contribution in [0.3, 0.4) is 0 Å².